The van der Waals surface area contributed by atoms with Crippen molar-refractivity contribution in [3.05, 3.63) is 52.0 Å². The second-order valence-corrected chi connectivity index (χ2v) is 4.04. The Morgan fingerprint density at radius 2 is 2.10 bits per heavy atom. The number of aryl methyl sites for hydroxylation is 1. The van der Waals surface area contributed by atoms with Crippen LogP contribution in [0.15, 0.2) is 30.6 Å². The number of rotatable bonds is 4. The van der Waals surface area contributed by atoms with Crippen molar-refractivity contribution in [1.29, 1.82) is 0 Å². The topological polar surface area (TPSA) is 104 Å². The number of ether oxygens (including phenoxy) is 2. The lowest BCUT2D eigenvalue weighted by Crippen LogP contribution is -2.05. The molecular formula is C13H11N3O5. The fourth-order valence-electron chi connectivity index (χ4n) is 1.53. The molecule has 2 rings (SSSR count). The summed E-state index contributed by atoms with van der Waals surface area (Å²) in [6.45, 7) is 1.73. The van der Waals surface area contributed by atoms with E-state index in [0.717, 1.165) is 0 Å². The molecule has 0 bridgehead atoms. The average Bonchev–Trinajstić information content (AvgIpc) is 2.48. The molecule has 0 aliphatic rings. The van der Waals surface area contributed by atoms with Crippen LogP contribution >= 0.6 is 0 Å². The van der Waals surface area contributed by atoms with Crippen molar-refractivity contribution in [3.8, 4) is 11.6 Å². The predicted octanol–water partition coefficient (Wildman–Crippen LogP) is 2.27. The summed E-state index contributed by atoms with van der Waals surface area (Å²) < 4.78 is 9.98. The average molecular weight is 289 g/mol. The minimum absolute atomic E-state index is 0.0157. The van der Waals surface area contributed by atoms with E-state index in [1.807, 2.05) is 0 Å². The first kappa shape index (κ1) is 14.4. The SMILES string of the molecule is COC(=O)c1cncc(Oc2cc([N+](=O)[O-])ccc2C)n1. The second kappa shape index (κ2) is 5.95. The summed E-state index contributed by atoms with van der Waals surface area (Å²) in [7, 11) is 1.22. The largest absolute Gasteiger partial charge is 0.464 e. The standard InChI is InChI=1S/C13H11N3O5/c1-8-3-4-9(16(18)19)5-11(8)21-12-7-14-6-10(15-12)13(17)20-2/h3-7H,1-2H3. The van der Waals surface area contributed by atoms with Gasteiger partial charge in [-0.2, -0.15) is 0 Å². The first-order valence-electron chi connectivity index (χ1n) is 5.84. The van der Waals surface area contributed by atoms with Crippen LogP contribution < -0.4 is 4.74 Å². The third-order valence-corrected chi connectivity index (χ3v) is 2.60. The van der Waals surface area contributed by atoms with Crippen LogP contribution in [0.5, 0.6) is 11.6 Å². The molecule has 21 heavy (non-hydrogen) atoms. The molecule has 0 fully saturated rings. The van der Waals surface area contributed by atoms with Crippen LogP contribution in [0.3, 0.4) is 0 Å². The molecule has 8 nitrogen and oxygen atoms in total. The normalized spacial score (nSPS) is 10.0. The zero-order chi connectivity index (χ0) is 15.4. The number of carbonyl (C=O) groups excluding carboxylic acids is 1. The Kier molecular flexibility index (Phi) is 4.07. The van der Waals surface area contributed by atoms with Crippen molar-refractivity contribution >= 4 is 11.7 Å². The molecule has 0 N–H and O–H groups in total. The van der Waals surface area contributed by atoms with Crippen molar-refractivity contribution in [3.63, 3.8) is 0 Å². The Bertz CT molecular complexity index is 702. The zero-order valence-electron chi connectivity index (χ0n) is 11.3. The number of hydrogen-bond acceptors (Lipinski definition) is 7. The quantitative estimate of drug-likeness (QED) is 0.483. The highest BCUT2D eigenvalue weighted by molar-refractivity contribution is 5.86. The Hall–Kier alpha value is -3.03. The lowest BCUT2D eigenvalue weighted by molar-refractivity contribution is -0.384. The van der Waals surface area contributed by atoms with Gasteiger partial charge < -0.3 is 9.47 Å². The summed E-state index contributed by atoms with van der Waals surface area (Å²) >= 11 is 0. The fraction of sp³-hybridized carbons (Fsp3) is 0.154. The van der Waals surface area contributed by atoms with E-state index in [1.165, 1.54) is 31.6 Å². The van der Waals surface area contributed by atoms with Gasteiger partial charge in [0.25, 0.3) is 5.69 Å². The first-order chi connectivity index (χ1) is 10.0. The molecule has 1 aromatic carbocycles. The highest BCUT2D eigenvalue weighted by Crippen LogP contribution is 2.27. The van der Waals surface area contributed by atoms with Crippen LogP contribution in [0.2, 0.25) is 0 Å². The molecule has 0 saturated heterocycles. The number of carbonyl (C=O) groups is 1. The van der Waals surface area contributed by atoms with Gasteiger partial charge in [0.2, 0.25) is 5.88 Å². The van der Waals surface area contributed by atoms with Gasteiger partial charge in [0.1, 0.15) is 5.75 Å². The molecule has 0 radical (unpaired) electrons. The van der Waals surface area contributed by atoms with Gasteiger partial charge >= 0.3 is 5.97 Å². The van der Waals surface area contributed by atoms with Crippen molar-refractivity contribution in [1.82, 2.24) is 9.97 Å². The highest BCUT2D eigenvalue weighted by Gasteiger charge is 2.13. The van der Waals surface area contributed by atoms with Crippen molar-refractivity contribution in [2.75, 3.05) is 7.11 Å². The summed E-state index contributed by atoms with van der Waals surface area (Å²) in [5.74, 6) is -0.342. The van der Waals surface area contributed by atoms with Gasteiger partial charge in [-0.3, -0.25) is 15.1 Å². The van der Waals surface area contributed by atoms with E-state index in [-0.39, 0.29) is 23.0 Å². The predicted molar refractivity (Wildman–Crippen MR) is 71.3 cm³/mol. The summed E-state index contributed by atoms with van der Waals surface area (Å²) in [6.07, 6.45) is 2.53. The molecule has 0 aliphatic carbocycles. The second-order valence-electron chi connectivity index (χ2n) is 4.04. The number of nitro benzene ring substituents is 1. The number of benzene rings is 1. The monoisotopic (exact) mass is 289 g/mol. The summed E-state index contributed by atoms with van der Waals surface area (Å²) in [6, 6.07) is 4.21. The molecule has 0 saturated carbocycles. The van der Waals surface area contributed by atoms with Crippen LogP contribution in [-0.4, -0.2) is 28.0 Å². The summed E-state index contributed by atoms with van der Waals surface area (Å²) in [5, 5.41) is 10.8. The molecule has 8 heteroatoms. The number of non-ortho nitro benzene ring substituents is 1. The molecule has 2 aromatic rings. The van der Waals surface area contributed by atoms with Crippen LogP contribution in [0.25, 0.3) is 0 Å². The van der Waals surface area contributed by atoms with Crippen molar-refractivity contribution in [2.24, 2.45) is 0 Å². The minimum atomic E-state index is -0.649. The first-order valence-corrected chi connectivity index (χ1v) is 5.84. The maximum Gasteiger partial charge on any atom is 0.358 e. The minimum Gasteiger partial charge on any atom is -0.464 e. The maximum atomic E-state index is 11.4. The number of aromatic nitrogens is 2. The molecule has 0 aliphatic heterocycles. The van der Waals surface area contributed by atoms with Crippen LogP contribution in [0.1, 0.15) is 16.1 Å². The van der Waals surface area contributed by atoms with Crippen molar-refractivity contribution < 1.29 is 19.2 Å². The number of hydrogen-bond donors (Lipinski definition) is 0. The van der Waals surface area contributed by atoms with Gasteiger partial charge in [-0.1, -0.05) is 0 Å². The van der Waals surface area contributed by atoms with Gasteiger partial charge in [0.05, 0.1) is 30.5 Å². The zero-order valence-corrected chi connectivity index (χ0v) is 11.3. The highest BCUT2D eigenvalue weighted by atomic mass is 16.6. The Morgan fingerprint density at radius 1 is 1.33 bits per heavy atom. The molecule has 0 spiro atoms. The van der Waals surface area contributed by atoms with Crippen LogP contribution in [-0.2, 0) is 4.74 Å². The molecule has 1 aromatic heterocycles. The van der Waals surface area contributed by atoms with Crippen LogP contribution in [0.4, 0.5) is 5.69 Å². The van der Waals surface area contributed by atoms with Gasteiger partial charge in [-0.05, 0) is 18.6 Å². The molecular weight excluding hydrogens is 278 g/mol. The number of methoxy groups -OCH3 is 1. The Morgan fingerprint density at radius 3 is 2.76 bits per heavy atom. The van der Waals surface area contributed by atoms with Gasteiger partial charge in [0.15, 0.2) is 5.69 Å². The summed E-state index contributed by atoms with van der Waals surface area (Å²) in [4.78, 5) is 29.3. The Labute approximate surface area is 119 Å². The number of nitrogens with zero attached hydrogens (tertiary/aromatic N) is 3. The molecule has 0 atom stereocenters. The molecule has 0 amide bonds. The van der Waals surface area contributed by atoms with E-state index in [2.05, 4.69) is 14.7 Å². The summed E-state index contributed by atoms with van der Waals surface area (Å²) in [5.41, 5.74) is 0.566. The number of esters is 1. The smallest absolute Gasteiger partial charge is 0.358 e. The Balaban J connectivity index is 2.32. The lowest BCUT2D eigenvalue weighted by Gasteiger charge is -2.07. The lowest BCUT2D eigenvalue weighted by atomic mass is 10.2. The third-order valence-electron chi connectivity index (χ3n) is 2.60. The van der Waals surface area contributed by atoms with E-state index < -0.39 is 10.9 Å². The van der Waals surface area contributed by atoms with Crippen LogP contribution in [0, 0.1) is 17.0 Å². The van der Waals surface area contributed by atoms with E-state index in [4.69, 9.17) is 4.74 Å². The number of nitro groups is 1. The van der Waals surface area contributed by atoms with Gasteiger partial charge in [-0.25, -0.2) is 9.78 Å². The van der Waals surface area contributed by atoms with E-state index in [1.54, 1.807) is 13.0 Å². The van der Waals surface area contributed by atoms with E-state index in [9.17, 15) is 14.9 Å². The maximum absolute atomic E-state index is 11.4. The van der Waals surface area contributed by atoms with E-state index >= 15 is 0 Å². The van der Waals surface area contributed by atoms with Gasteiger partial charge in [0, 0.05) is 6.07 Å². The van der Waals surface area contributed by atoms with E-state index in [0.29, 0.717) is 5.56 Å². The molecule has 0 unspecified atom stereocenters. The van der Waals surface area contributed by atoms with Gasteiger partial charge in [-0.15, -0.1) is 0 Å². The third kappa shape index (κ3) is 3.30. The van der Waals surface area contributed by atoms with Crippen molar-refractivity contribution in [2.45, 2.75) is 6.92 Å². The molecule has 108 valence electrons. The fourth-order valence-corrected chi connectivity index (χ4v) is 1.53. The molecule has 1 heterocycles.